The highest BCUT2D eigenvalue weighted by Crippen LogP contribution is 2.20. The van der Waals surface area contributed by atoms with Crippen molar-refractivity contribution in [2.24, 2.45) is 0 Å². The molecule has 0 saturated carbocycles. The van der Waals surface area contributed by atoms with Crippen LogP contribution in [0, 0.1) is 0 Å². The monoisotopic (exact) mass is 334 g/mol. The first-order valence-corrected chi connectivity index (χ1v) is 8.58. The molecule has 6 nitrogen and oxygen atoms in total. The molecule has 132 valence electrons. The number of carbonyl (C=O) groups is 2. The van der Waals surface area contributed by atoms with E-state index >= 15 is 0 Å². The van der Waals surface area contributed by atoms with Gasteiger partial charge in [-0.15, -0.1) is 0 Å². The van der Waals surface area contributed by atoms with Crippen molar-refractivity contribution in [3.63, 3.8) is 0 Å². The maximum atomic E-state index is 12.4. The van der Waals surface area contributed by atoms with E-state index in [0.717, 1.165) is 24.1 Å². The molecule has 0 bridgehead atoms. The number of hydrogen-bond donors (Lipinski definition) is 1. The summed E-state index contributed by atoms with van der Waals surface area (Å²) in [6, 6.07) is 6.93. The Labute approximate surface area is 144 Å². The van der Waals surface area contributed by atoms with Gasteiger partial charge in [-0.3, -0.25) is 4.79 Å². The topological polar surface area (TPSA) is 58.6 Å². The molecule has 1 aliphatic rings. The number of amides is 2. The van der Waals surface area contributed by atoms with Gasteiger partial charge < -0.3 is 19.4 Å². The number of rotatable bonds is 5. The van der Waals surface area contributed by atoms with Crippen molar-refractivity contribution in [1.82, 2.24) is 4.90 Å². The second kappa shape index (κ2) is 8.15. The molecular weight excluding hydrogens is 306 g/mol. The number of likely N-dealkylation sites (N-methyl/N-ethyl adjacent to an activating group) is 1. The zero-order valence-corrected chi connectivity index (χ0v) is 14.9. The van der Waals surface area contributed by atoms with Gasteiger partial charge in [0.2, 0.25) is 0 Å². The minimum atomic E-state index is -0.442. The molecule has 1 saturated heterocycles. The predicted molar refractivity (Wildman–Crippen MR) is 94.0 cm³/mol. The molecular formula is C18H28N3O3+. The van der Waals surface area contributed by atoms with Crippen molar-refractivity contribution in [3.8, 4) is 5.75 Å². The smallest absolute Gasteiger partial charge is 0.410 e. The van der Waals surface area contributed by atoms with Crippen LogP contribution in [0.1, 0.15) is 26.2 Å². The van der Waals surface area contributed by atoms with Crippen molar-refractivity contribution < 1.29 is 18.8 Å². The molecule has 1 aromatic rings. The molecule has 1 aliphatic heterocycles. The summed E-state index contributed by atoms with van der Waals surface area (Å²) in [6.45, 7) is 5.78. The summed E-state index contributed by atoms with van der Waals surface area (Å²) in [7, 11) is 3.25. The number of nitrogens with one attached hydrogen (secondary N) is 1. The van der Waals surface area contributed by atoms with Crippen molar-refractivity contribution in [1.29, 1.82) is 0 Å². The highest BCUT2D eigenvalue weighted by Gasteiger charge is 2.30. The zero-order valence-electron chi connectivity index (χ0n) is 14.9. The summed E-state index contributed by atoms with van der Waals surface area (Å²) in [5, 5.41) is 2.93. The lowest BCUT2D eigenvalue weighted by Crippen LogP contribution is -2.55. The van der Waals surface area contributed by atoms with Gasteiger partial charge in [0.05, 0.1) is 19.6 Å². The number of ether oxygens (including phenoxy) is 1. The van der Waals surface area contributed by atoms with Crippen LogP contribution in [0.5, 0.6) is 5.75 Å². The van der Waals surface area contributed by atoms with Gasteiger partial charge in [0, 0.05) is 25.8 Å². The van der Waals surface area contributed by atoms with Crippen LogP contribution in [-0.4, -0.2) is 61.7 Å². The highest BCUT2D eigenvalue weighted by atomic mass is 16.6. The lowest BCUT2D eigenvalue weighted by atomic mass is 10.1. The molecule has 0 atom stereocenters. The van der Waals surface area contributed by atoms with E-state index < -0.39 is 6.09 Å². The van der Waals surface area contributed by atoms with Crippen LogP contribution >= 0.6 is 0 Å². The van der Waals surface area contributed by atoms with Crippen molar-refractivity contribution >= 4 is 17.7 Å². The van der Waals surface area contributed by atoms with Gasteiger partial charge in [-0.05, 0) is 38.3 Å². The number of anilines is 1. The van der Waals surface area contributed by atoms with Gasteiger partial charge in [0.15, 0.2) is 6.54 Å². The van der Waals surface area contributed by atoms with E-state index in [1.165, 1.54) is 24.2 Å². The third-order valence-corrected chi connectivity index (χ3v) is 4.60. The molecule has 1 fully saturated rings. The van der Waals surface area contributed by atoms with E-state index in [4.69, 9.17) is 4.74 Å². The first-order chi connectivity index (χ1) is 11.4. The van der Waals surface area contributed by atoms with Crippen LogP contribution in [0.2, 0.25) is 0 Å². The Kier molecular flexibility index (Phi) is 6.20. The normalized spacial score (nSPS) is 16.3. The maximum Gasteiger partial charge on any atom is 0.414 e. The van der Waals surface area contributed by atoms with Gasteiger partial charge in [-0.25, -0.2) is 4.79 Å². The molecule has 1 heterocycles. The number of likely N-dealkylation sites (tertiary alicyclic amines) is 1. The Bertz CT molecular complexity index is 581. The summed E-state index contributed by atoms with van der Waals surface area (Å²) in [6.07, 6.45) is 3.21. The summed E-state index contributed by atoms with van der Waals surface area (Å²) in [4.78, 5) is 25.4. The van der Waals surface area contributed by atoms with Gasteiger partial charge in [-0.2, -0.15) is 0 Å². The van der Waals surface area contributed by atoms with Gasteiger partial charge in [0.25, 0.3) is 5.91 Å². The number of nitrogens with zero attached hydrogens (tertiary/aromatic N) is 2. The van der Waals surface area contributed by atoms with E-state index in [0.29, 0.717) is 18.0 Å². The second-order valence-electron chi connectivity index (χ2n) is 6.66. The van der Waals surface area contributed by atoms with E-state index in [1.807, 2.05) is 0 Å². The van der Waals surface area contributed by atoms with Crippen LogP contribution in [0.4, 0.5) is 10.5 Å². The number of carbonyl (C=O) groups excluding carboxylic acids is 2. The summed E-state index contributed by atoms with van der Waals surface area (Å²) in [5.74, 6) is 0.429. The molecule has 2 rings (SSSR count). The minimum Gasteiger partial charge on any atom is -0.410 e. The van der Waals surface area contributed by atoms with Gasteiger partial charge >= 0.3 is 6.09 Å². The Morgan fingerprint density at radius 2 is 1.92 bits per heavy atom. The molecule has 0 aromatic heterocycles. The summed E-state index contributed by atoms with van der Waals surface area (Å²) in [5.41, 5.74) is 0.648. The van der Waals surface area contributed by atoms with E-state index in [1.54, 1.807) is 38.4 Å². The Morgan fingerprint density at radius 3 is 2.54 bits per heavy atom. The molecule has 24 heavy (non-hydrogen) atoms. The van der Waals surface area contributed by atoms with Crippen LogP contribution in [0.15, 0.2) is 24.3 Å². The molecule has 1 aromatic carbocycles. The van der Waals surface area contributed by atoms with Crippen LogP contribution < -0.4 is 10.1 Å². The van der Waals surface area contributed by atoms with Crippen molar-refractivity contribution in [2.75, 3.05) is 45.6 Å². The fourth-order valence-corrected chi connectivity index (χ4v) is 3.10. The molecule has 2 amide bonds. The fourth-order valence-electron chi connectivity index (χ4n) is 3.10. The first kappa shape index (κ1) is 18.3. The molecule has 0 spiro atoms. The maximum absolute atomic E-state index is 12.4. The van der Waals surface area contributed by atoms with Crippen LogP contribution in [0.25, 0.3) is 0 Å². The molecule has 0 unspecified atom stereocenters. The number of quaternary nitrogens is 1. The highest BCUT2D eigenvalue weighted by molar-refractivity contribution is 5.91. The lowest BCUT2D eigenvalue weighted by Gasteiger charge is -2.40. The zero-order chi connectivity index (χ0) is 17.6. The van der Waals surface area contributed by atoms with Gasteiger partial charge in [0.1, 0.15) is 5.75 Å². The summed E-state index contributed by atoms with van der Waals surface area (Å²) >= 11 is 0. The standard InChI is InChI=1S/C18H27N3O3/c1-4-21(11-6-5-7-12-21)14-17(22)19-15-9-8-10-16(13-15)24-18(23)20(2)3/h8-10,13H,4-7,11-12,14H2,1-3H3/p+1. The molecule has 0 aliphatic carbocycles. The average Bonchev–Trinajstić information content (AvgIpc) is 2.55. The Morgan fingerprint density at radius 1 is 1.21 bits per heavy atom. The van der Waals surface area contributed by atoms with E-state index in [-0.39, 0.29) is 5.91 Å². The number of benzene rings is 1. The second-order valence-corrected chi connectivity index (χ2v) is 6.66. The quantitative estimate of drug-likeness (QED) is 0.842. The largest absolute Gasteiger partial charge is 0.414 e. The van der Waals surface area contributed by atoms with Crippen LogP contribution in [-0.2, 0) is 4.79 Å². The number of hydrogen-bond acceptors (Lipinski definition) is 3. The summed E-state index contributed by atoms with van der Waals surface area (Å²) < 4.78 is 6.08. The Balaban J connectivity index is 1.97. The average molecular weight is 334 g/mol. The molecule has 0 radical (unpaired) electrons. The predicted octanol–water partition coefficient (Wildman–Crippen LogP) is 2.71. The van der Waals surface area contributed by atoms with Crippen LogP contribution in [0.3, 0.4) is 0 Å². The minimum absolute atomic E-state index is 0.00911. The molecule has 6 heteroatoms. The third kappa shape index (κ3) is 4.96. The fraction of sp³-hybridized carbons (Fsp3) is 0.556. The van der Waals surface area contributed by atoms with Crippen molar-refractivity contribution in [2.45, 2.75) is 26.2 Å². The number of piperidine rings is 1. The van der Waals surface area contributed by atoms with E-state index in [9.17, 15) is 9.59 Å². The first-order valence-electron chi connectivity index (χ1n) is 8.58. The van der Waals surface area contributed by atoms with Gasteiger partial charge in [-0.1, -0.05) is 6.07 Å². The van der Waals surface area contributed by atoms with E-state index in [2.05, 4.69) is 12.2 Å². The lowest BCUT2D eigenvalue weighted by molar-refractivity contribution is -0.923. The SMILES string of the molecule is CC[N+]1(CC(=O)Nc2cccc(OC(=O)N(C)C)c2)CCCCC1. The third-order valence-electron chi connectivity index (χ3n) is 4.60. The Hall–Kier alpha value is -2.08. The van der Waals surface area contributed by atoms with Crippen molar-refractivity contribution in [3.05, 3.63) is 24.3 Å². The molecule has 1 N–H and O–H groups in total.